The Bertz CT molecular complexity index is 601. The summed E-state index contributed by atoms with van der Waals surface area (Å²) in [7, 11) is 0. The van der Waals surface area contributed by atoms with Gasteiger partial charge in [-0.1, -0.05) is 29.8 Å². The molecular weight excluding hydrogens is 296 g/mol. The van der Waals surface area contributed by atoms with E-state index in [-0.39, 0.29) is 18.2 Å². The van der Waals surface area contributed by atoms with E-state index in [9.17, 15) is 13.9 Å². The molecule has 5 heteroatoms. The highest BCUT2D eigenvalue weighted by atomic mass is 35.5. The van der Waals surface area contributed by atoms with Crippen LogP contribution < -0.4 is 5.32 Å². The van der Waals surface area contributed by atoms with Crippen LogP contribution in [0.5, 0.6) is 0 Å². The Balaban J connectivity index is 2.02. The monoisotopic (exact) mass is 311 g/mol. The van der Waals surface area contributed by atoms with Gasteiger partial charge >= 0.3 is 0 Å². The number of nitrogens with one attached hydrogen (secondary N) is 1. The molecule has 0 aliphatic rings. The summed E-state index contributed by atoms with van der Waals surface area (Å²) in [5.74, 6) is -1.50. The van der Waals surface area contributed by atoms with Gasteiger partial charge in [0.25, 0.3) is 0 Å². The average molecular weight is 312 g/mol. The minimum atomic E-state index is -1.26. The summed E-state index contributed by atoms with van der Waals surface area (Å²) < 4.78 is 27.1. The molecule has 0 spiro atoms. The van der Waals surface area contributed by atoms with Gasteiger partial charge in [0.15, 0.2) is 0 Å². The van der Waals surface area contributed by atoms with E-state index in [1.807, 2.05) is 19.1 Å². The van der Waals surface area contributed by atoms with Crippen LogP contribution in [0.25, 0.3) is 0 Å². The van der Waals surface area contributed by atoms with Gasteiger partial charge in [-0.05, 0) is 36.8 Å². The van der Waals surface area contributed by atoms with Crippen LogP contribution in [0.1, 0.15) is 30.2 Å². The van der Waals surface area contributed by atoms with Crippen molar-refractivity contribution in [3.63, 3.8) is 0 Å². The summed E-state index contributed by atoms with van der Waals surface area (Å²) in [6.07, 6.45) is -1.26. The lowest BCUT2D eigenvalue weighted by atomic mass is 10.1. The fourth-order valence-corrected chi connectivity index (χ4v) is 2.31. The highest BCUT2D eigenvalue weighted by Crippen LogP contribution is 2.22. The molecule has 0 amide bonds. The predicted octanol–water partition coefficient (Wildman–Crippen LogP) is 4.00. The van der Waals surface area contributed by atoms with E-state index in [0.717, 1.165) is 17.7 Å². The predicted molar refractivity (Wildman–Crippen MR) is 79.2 cm³/mol. The molecule has 2 unspecified atom stereocenters. The Morgan fingerprint density at radius 2 is 1.76 bits per heavy atom. The average Bonchev–Trinajstić information content (AvgIpc) is 2.44. The molecule has 0 aliphatic carbocycles. The maximum atomic E-state index is 13.6. The van der Waals surface area contributed by atoms with Crippen molar-refractivity contribution in [2.24, 2.45) is 0 Å². The minimum absolute atomic E-state index is 0.0333. The number of rotatable bonds is 5. The van der Waals surface area contributed by atoms with Crippen molar-refractivity contribution in [2.75, 3.05) is 6.54 Å². The van der Waals surface area contributed by atoms with Crippen molar-refractivity contribution in [2.45, 2.75) is 19.1 Å². The molecule has 0 bridgehead atoms. The van der Waals surface area contributed by atoms with Crippen molar-refractivity contribution >= 4 is 11.6 Å². The maximum absolute atomic E-state index is 13.6. The van der Waals surface area contributed by atoms with Gasteiger partial charge in [-0.2, -0.15) is 0 Å². The second kappa shape index (κ2) is 6.98. The fraction of sp³-hybridized carbons (Fsp3) is 0.250. The standard InChI is InChI=1S/C16H16ClF2NO/c1-10(11-4-2-5-12(17)8-11)20-9-15(21)16-13(18)6-3-7-14(16)19/h2-8,10,15,20-21H,9H2,1H3. The maximum Gasteiger partial charge on any atom is 0.131 e. The van der Waals surface area contributed by atoms with Crippen LogP contribution in [0.4, 0.5) is 8.78 Å². The number of hydrogen-bond acceptors (Lipinski definition) is 2. The molecule has 0 saturated carbocycles. The topological polar surface area (TPSA) is 32.3 Å². The largest absolute Gasteiger partial charge is 0.387 e. The molecule has 2 N–H and O–H groups in total. The summed E-state index contributed by atoms with van der Waals surface area (Å²) in [5, 5.41) is 13.6. The van der Waals surface area contributed by atoms with Crippen molar-refractivity contribution < 1.29 is 13.9 Å². The molecule has 2 aromatic carbocycles. The van der Waals surface area contributed by atoms with Crippen LogP contribution in [0.3, 0.4) is 0 Å². The smallest absolute Gasteiger partial charge is 0.131 e. The molecule has 112 valence electrons. The molecule has 0 saturated heterocycles. The SMILES string of the molecule is CC(NCC(O)c1c(F)cccc1F)c1cccc(Cl)c1. The molecule has 0 heterocycles. The summed E-state index contributed by atoms with van der Waals surface area (Å²) in [4.78, 5) is 0. The van der Waals surface area contributed by atoms with Gasteiger partial charge in [0, 0.05) is 17.6 Å². The third kappa shape index (κ3) is 4.00. The molecule has 0 radical (unpaired) electrons. The molecule has 2 atom stereocenters. The van der Waals surface area contributed by atoms with Gasteiger partial charge in [0.2, 0.25) is 0 Å². The van der Waals surface area contributed by atoms with E-state index < -0.39 is 17.7 Å². The van der Waals surface area contributed by atoms with E-state index in [1.54, 1.807) is 12.1 Å². The summed E-state index contributed by atoms with van der Waals surface area (Å²) in [5.41, 5.74) is 0.618. The van der Waals surface area contributed by atoms with Gasteiger partial charge in [0.05, 0.1) is 11.7 Å². The zero-order valence-corrected chi connectivity index (χ0v) is 12.2. The number of hydrogen-bond donors (Lipinski definition) is 2. The first kappa shape index (κ1) is 15.9. The molecule has 0 fully saturated rings. The first-order valence-corrected chi connectivity index (χ1v) is 6.97. The molecule has 21 heavy (non-hydrogen) atoms. The zero-order chi connectivity index (χ0) is 15.4. The molecule has 2 aromatic rings. The van der Waals surface area contributed by atoms with Gasteiger partial charge in [0.1, 0.15) is 11.6 Å². The van der Waals surface area contributed by atoms with Gasteiger partial charge < -0.3 is 10.4 Å². The highest BCUT2D eigenvalue weighted by molar-refractivity contribution is 6.30. The van der Waals surface area contributed by atoms with Gasteiger partial charge in [-0.15, -0.1) is 0 Å². The molecule has 2 nitrogen and oxygen atoms in total. The number of halogens is 3. The third-order valence-electron chi connectivity index (χ3n) is 3.30. The van der Waals surface area contributed by atoms with Crippen molar-refractivity contribution in [1.29, 1.82) is 0 Å². The first-order valence-electron chi connectivity index (χ1n) is 6.60. The van der Waals surface area contributed by atoms with E-state index in [1.165, 1.54) is 6.07 Å². The third-order valence-corrected chi connectivity index (χ3v) is 3.53. The van der Waals surface area contributed by atoms with Gasteiger partial charge in [-0.25, -0.2) is 8.78 Å². The van der Waals surface area contributed by atoms with Crippen LogP contribution in [0.15, 0.2) is 42.5 Å². The Kier molecular flexibility index (Phi) is 5.28. The summed E-state index contributed by atoms with van der Waals surface area (Å²) in [6, 6.07) is 10.7. The molecular formula is C16H16ClF2NO. The second-order valence-corrected chi connectivity index (χ2v) is 5.27. The van der Waals surface area contributed by atoms with Crippen molar-refractivity contribution in [3.05, 3.63) is 70.2 Å². The van der Waals surface area contributed by atoms with Crippen LogP contribution in [0.2, 0.25) is 5.02 Å². The Morgan fingerprint density at radius 3 is 2.38 bits per heavy atom. The minimum Gasteiger partial charge on any atom is -0.387 e. The van der Waals surface area contributed by atoms with Crippen LogP contribution in [0, 0.1) is 11.6 Å². The molecule has 0 aromatic heterocycles. The quantitative estimate of drug-likeness (QED) is 0.874. The van der Waals surface area contributed by atoms with E-state index in [0.29, 0.717) is 5.02 Å². The van der Waals surface area contributed by atoms with E-state index in [4.69, 9.17) is 11.6 Å². The Morgan fingerprint density at radius 1 is 1.14 bits per heavy atom. The lowest BCUT2D eigenvalue weighted by Crippen LogP contribution is -2.25. The van der Waals surface area contributed by atoms with Crippen LogP contribution in [-0.2, 0) is 0 Å². The first-order chi connectivity index (χ1) is 9.99. The highest BCUT2D eigenvalue weighted by Gasteiger charge is 2.18. The van der Waals surface area contributed by atoms with Crippen LogP contribution in [-0.4, -0.2) is 11.7 Å². The van der Waals surface area contributed by atoms with Crippen molar-refractivity contribution in [3.8, 4) is 0 Å². The zero-order valence-electron chi connectivity index (χ0n) is 11.5. The summed E-state index contributed by atoms with van der Waals surface area (Å²) in [6.45, 7) is 1.92. The van der Waals surface area contributed by atoms with Gasteiger partial charge in [-0.3, -0.25) is 0 Å². The molecule has 2 rings (SSSR count). The normalized spacial score (nSPS) is 14.0. The molecule has 0 aliphatic heterocycles. The lowest BCUT2D eigenvalue weighted by molar-refractivity contribution is 0.161. The number of aliphatic hydroxyl groups is 1. The Hall–Kier alpha value is -1.49. The fourth-order valence-electron chi connectivity index (χ4n) is 2.11. The van der Waals surface area contributed by atoms with Crippen LogP contribution >= 0.6 is 11.6 Å². The number of aliphatic hydroxyl groups excluding tert-OH is 1. The van der Waals surface area contributed by atoms with E-state index >= 15 is 0 Å². The summed E-state index contributed by atoms with van der Waals surface area (Å²) >= 11 is 5.91. The Labute approximate surface area is 127 Å². The van der Waals surface area contributed by atoms with E-state index in [2.05, 4.69) is 5.32 Å². The van der Waals surface area contributed by atoms with Crippen molar-refractivity contribution in [1.82, 2.24) is 5.32 Å². The lowest BCUT2D eigenvalue weighted by Gasteiger charge is -2.18. The number of benzene rings is 2. The second-order valence-electron chi connectivity index (χ2n) is 4.84.